The lowest BCUT2D eigenvalue weighted by Gasteiger charge is -2.38. The van der Waals surface area contributed by atoms with Gasteiger partial charge in [-0.3, -0.25) is 14.5 Å². The van der Waals surface area contributed by atoms with Gasteiger partial charge in [0.2, 0.25) is 11.8 Å². The third-order valence-electron chi connectivity index (χ3n) is 6.95. The van der Waals surface area contributed by atoms with E-state index in [0.717, 1.165) is 13.1 Å². The van der Waals surface area contributed by atoms with E-state index in [1.165, 1.54) is 41.5 Å². The maximum Gasteiger partial charge on any atom is 0.340 e. The van der Waals surface area contributed by atoms with E-state index in [1.807, 2.05) is 0 Å². The highest BCUT2D eigenvalue weighted by atomic mass is 35.5. The van der Waals surface area contributed by atoms with Crippen LogP contribution in [0, 0.1) is 0 Å². The molecule has 0 aromatic heterocycles. The first-order chi connectivity index (χ1) is 18.5. The number of benzene rings is 3. The second kappa shape index (κ2) is 11.3. The van der Waals surface area contributed by atoms with Crippen molar-refractivity contribution < 1.29 is 23.9 Å². The molecule has 1 N–H and O–H groups in total. The SMILES string of the molecule is COC(=O)c1cc(Cl)ccc1NC(=O)COCC(=O)N1CCN(C2c3ccccc3-c3ccccc32)CC1. The van der Waals surface area contributed by atoms with Crippen molar-refractivity contribution in [3.8, 4) is 11.1 Å². The number of ether oxygens (including phenoxy) is 2. The highest BCUT2D eigenvalue weighted by Crippen LogP contribution is 2.46. The number of piperazine rings is 1. The summed E-state index contributed by atoms with van der Waals surface area (Å²) in [5.74, 6) is -1.28. The molecule has 38 heavy (non-hydrogen) atoms. The average Bonchev–Trinajstić information content (AvgIpc) is 3.28. The summed E-state index contributed by atoms with van der Waals surface area (Å²) in [4.78, 5) is 41.3. The normalized spacial score (nSPS) is 15.1. The average molecular weight is 534 g/mol. The van der Waals surface area contributed by atoms with Crippen molar-refractivity contribution in [1.29, 1.82) is 0 Å². The molecular formula is C29H28ClN3O5. The third-order valence-corrected chi connectivity index (χ3v) is 7.19. The minimum Gasteiger partial charge on any atom is -0.465 e. The predicted molar refractivity (Wildman–Crippen MR) is 144 cm³/mol. The van der Waals surface area contributed by atoms with E-state index in [0.29, 0.717) is 18.1 Å². The van der Waals surface area contributed by atoms with Crippen LogP contribution in [0.25, 0.3) is 11.1 Å². The van der Waals surface area contributed by atoms with Crippen LogP contribution in [-0.2, 0) is 19.1 Å². The number of esters is 1. The van der Waals surface area contributed by atoms with E-state index in [9.17, 15) is 14.4 Å². The van der Waals surface area contributed by atoms with Crippen LogP contribution in [0.2, 0.25) is 5.02 Å². The summed E-state index contributed by atoms with van der Waals surface area (Å²) in [6, 6.07) is 21.7. The van der Waals surface area contributed by atoms with Crippen LogP contribution in [0.4, 0.5) is 5.69 Å². The highest BCUT2D eigenvalue weighted by Gasteiger charge is 2.34. The molecule has 1 saturated heterocycles. The second-order valence-corrected chi connectivity index (χ2v) is 9.65. The Morgan fingerprint density at radius 3 is 2.16 bits per heavy atom. The quantitative estimate of drug-likeness (QED) is 0.462. The molecule has 2 amide bonds. The topological polar surface area (TPSA) is 88.2 Å². The van der Waals surface area contributed by atoms with Crippen molar-refractivity contribution in [2.75, 3.05) is 51.8 Å². The number of hydrogen-bond donors (Lipinski definition) is 1. The number of anilines is 1. The fraction of sp³-hybridized carbons (Fsp3) is 0.276. The number of hydrogen-bond acceptors (Lipinski definition) is 6. The zero-order valence-corrected chi connectivity index (χ0v) is 21.7. The highest BCUT2D eigenvalue weighted by molar-refractivity contribution is 6.31. The third kappa shape index (κ3) is 5.29. The first-order valence-corrected chi connectivity index (χ1v) is 12.8. The van der Waals surface area contributed by atoms with E-state index in [4.69, 9.17) is 21.1 Å². The van der Waals surface area contributed by atoms with Gasteiger partial charge in [-0.15, -0.1) is 0 Å². The molecule has 0 unspecified atom stereocenters. The fourth-order valence-electron chi connectivity index (χ4n) is 5.16. The minimum absolute atomic E-state index is 0.134. The van der Waals surface area contributed by atoms with Crippen molar-refractivity contribution in [3.05, 3.63) is 88.4 Å². The molecule has 0 atom stereocenters. The predicted octanol–water partition coefficient (Wildman–Crippen LogP) is 4.00. The maximum absolute atomic E-state index is 12.8. The van der Waals surface area contributed by atoms with Crippen molar-refractivity contribution in [2.24, 2.45) is 0 Å². The van der Waals surface area contributed by atoms with Crippen LogP contribution in [-0.4, -0.2) is 74.1 Å². The molecule has 9 heteroatoms. The van der Waals surface area contributed by atoms with Crippen LogP contribution in [0.3, 0.4) is 0 Å². The Morgan fingerprint density at radius 2 is 1.53 bits per heavy atom. The molecule has 3 aromatic carbocycles. The van der Waals surface area contributed by atoms with Crippen LogP contribution in [0.1, 0.15) is 27.5 Å². The zero-order valence-electron chi connectivity index (χ0n) is 21.0. The second-order valence-electron chi connectivity index (χ2n) is 9.22. The summed E-state index contributed by atoms with van der Waals surface area (Å²) in [5, 5.41) is 2.94. The van der Waals surface area contributed by atoms with Gasteiger partial charge in [0.25, 0.3) is 0 Å². The number of fused-ring (bicyclic) bond motifs is 3. The van der Waals surface area contributed by atoms with Gasteiger partial charge in [-0.1, -0.05) is 60.1 Å². The van der Waals surface area contributed by atoms with Gasteiger partial charge in [0.05, 0.1) is 24.4 Å². The van der Waals surface area contributed by atoms with E-state index in [2.05, 4.69) is 58.7 Å². The zero-order chi connectivity index (χ0) is 26.6. The largest absolute Gasteiger partial charge is 0.465 e. The van der Waals surface area contributed by atoms with Crippen molar-refractivity contribution >= 4 is 35.1 Å². The van der Waals surface area contributed by atoms with Crippen molar-refractivity contribution in [3.63, 3.8) is 0 Å². The summed E-state index contributed by atoms with van der Waals surface area (Å²) < 4.78 is 10.1. The molecule has 0 bridgehead atoms. The smallest absolute Gasteiger partial charge is 0.340 e. The van der Waals surface area contributed by atoms with Gasteiger partial charge >= 0.3 is 5.97 Å². The first-order valence-electron chi connectivity index (χ1n) is 12.4. The molecule has 1 heterocycles. The standard InChI is InChI=1S/C29H28ClN3O5/c1-37-29(36)24-16-19(30)10-11-25(24)31-26(34)17-38-18-27(35)32-12-14-33(15-13-32)28-22-8-4-2-6-20(22)21-7-3-5-9-23(21)28/h2-11,16,28H,12-15,17-18H2,1H3,(H,31,34). The molecule has 196 valence electrons. The van der Waals surface area contributed by atoms with Crippen LogP contribution < -0.4 is 5.32 Å². The lowest BCUT2D eigenvalue weighted by Crippen LogP contribution is -2.50. The van der Waals surface area contributed by atoms with Crippen LogP contribution >= 0.6 is 11.6 Å². The Balaban J connectivity index is 1.12. The van der Waals surface area contributed by atoms with Gasteiger partial charge in [0.1, 0.15) is 13.2 Å². The molecule has 0 spiro atoms. The molecule has 0 saturated carbocycles. The number of rotatable bonds is 7. The first kappa shape index (κ1) is 25.9. The Labute approximate surface area is 226 Å². The van der Waals surface area contributed by atoms with Gasteiger partial charge in [0, 0.05) is 31.2 Å². The molecular weight excluding hydrogens is 506 g/mol. The Kier molecular flexibility index (Phi) is 7.74. The summed E-state index contributed by atoms with van der Waals surface area (Å²) in [7, 11) is 1.24. The Morgan fingerprint density at radius 1 is 0.895 bits per heavy atom. The number of amides is 2. The number of carbonyl (C=O) groups excluding carboxylic acids is 3. The van der Waals surface area contributed by atoms with Crippen molar-refractivity contribution in [1.82, 2.24) is 9.80 Å². The van der Waals surface area contributed by atoms with E-state index in [1.54, 1.807) is 11.0 Å². The van der Waals surface area contributed by atoms with E-state index >= 15 is 0 Å². The number of carbonyl (C=O) groups is 3. The molecule has 1 aliphatic heterocycles. The molecule has 1 fully saturated rings. The van der Waals surface area contributed by atoms with E-state index in [-0.39, 0.29) is 36.4 Å². The van der Waals surface area contributed by atoms with Gasteiger partial charge in [0.15, 0.2) is 0 Å². The molecule has 0 radical (unpaired) electrons. The number of methoxy groups -OCH3 is 1. The number of halogens is 1. The fourth-order valence-corrected chi connectivity index (χ4v) is 5.34. The van der Waals surface area contributed by atoms with Gasteiger partial charge in [-0.25, -0.2) is 4.79 Å². The molecule has 1 aliphatic carbocycles. The number of nitrogens with zero attached hydrogens (tertiary/aromatic N) is 2. The van der Waals surface area contributed by atoms with Crippen LogP contribution in [0.5, 0.6) is 0 Å². The Hall–Kier alpha value is -3.72. The van der Waals surface area contributed by atoms with Crippen molar-refractivity contribution in [2.45, 2.75) is 6.04 Å². The van der Waals surface area contributed by atoms with Crippen LogP contribution in [0.15, 0.2) is 66.7 Å². The van der Waals surface area contributed by atoms with Gasteiger partial charge < -0.3 is 19.7 Å². The molecule has 2 aliphatic rings. The van der Waals surface area contributed by atoms with Gasteiger partial charge in [-0.05, 0) is 40.5 Å². The lowest BCUT2D eigenvalue weighted by atomic mass is 10.0. The summed E-state index contributed by atoms with van der Waals surface area (Å²) in [5.41, 5.74) is 5.55. The summed E-state index contributed by atoms with van der Waals surface area (Å²) >= 11 is 5.95. The minimum atomic E-state index is -0.623. The maximum atomic E-state index is 12.8. The monoisotopic (exact) mass is 533 g/mol. The van der Waals surface area contributed by atoms with E-state index < -0.39 is 11.9 Å². The molecule has 5 rings (SSSR count). The number of nitrogens with one attached hydrogen (secondary N) is 1. The lowest BCUT2D eigenvalue weighted by molar-refractivity contribution is -0.139. The Bertz CT molecular complexity index is 1320. The summed E-state index contributed by atoms with van der Waals surface area (Å²) in [6.45, 7) is 2.13. The summed E-state index contributed by atoms with van der Waals surface area (Å²) in [6.07, 6.45) is 0. The molecule has 3 aromatic rings. The molecule has 8 nitrogen and oxygen atoms in total. The van der Waals surface area contributed by atoms with Gasteiger partial charge in [-0.2, -0.15) is 0 Å².